The third-order valence-corrected chi connectivity index (χ3v) is 3.59. The number of rotatable bonds is 1. The summed E-state index contributed by atoms with van der Waals surface area (Å²) < 4.78 is 0. The van der Waals surface area contributed by atoms with E-state index in [2.05, 4.69) is 10.7 Å². The molecule has 0 aliphatic carbocycles. The van der Waals surface area contributed by atoms with Gasteiger partial charge in [-0.1, -0.05) is 17.7 Å². The summed E-state index contributed by atoms with van der Waals surface area (Å²) in [6.07, 6.45) is 2.05. The molecule has 2 unspecified atom stereocenters. The second kappa shape index (κ2) is 4.20. The molecule has 2 atom stereocenters. The first-order valence-electron chi connectivity index (χ1n) is 5.84. The highest BCUT2D eigenvalue weighted by atomic mass is 35.5. The molecule has 2 fully saturated rings. The van der Waals surface area contributed by atoms with Gasteiger partial charge in [-0.05, 0) is 37.6 Å². The van der Waals surface area contributed by atoms with Crippen LogP contribution in [0.4, 0.5) is 5.69 Å². The lowest BCUT2D eigenvalue weighted by molar-refractivity contribution is -0.123. The fraction of sp³-hybridized carbons (Fsp3) is 0.417. The molecular formula is C12H14ClN3O. The van der Waals surface area contributed by atoms with Gasteiger partial charge in [-0.25, -0.2) is 0 Å². The summed E-state index contributed by atoms with van der Waals surface area (Å²) in [5.74, 6) is 0.143. The zero-order chi connectivity index (χ0) is 11.8. The maximum atomic E-state index is 11.9. The minimum Gasteiger partial charge on any atom is -0.295 e. The Labute approximate surface area is 105 Å². The Morgan fingerprint density at radius 3 is 3.12 bits per heavy atom. The quantitative estimate of drug-likeness (QED) is 0.796. The van der Waals surface area contributed by atoms with Crippen molar-refractivity contribution in [1.29, 1.82) is 0 Å². The molecule has 4 nitrogen and oxygen atoms in total. The molecule has 2 aliphatic rings. The van der Waals surface area contributed by atoms with Gasteiger partial charge in [0.05, 0.1) is 11.6 Å². The molecule has 2 N–H and O–H groups in total. The molecule has 3 rings (SSSR count). The Balaban J connectivity index is 1.91. The van der Waals surface area contributed by atoms with Crippen LogP contribution < -0.4 is 15.8 Å². The molecule has 2 saturated heterocycles. The number of benzene rings is 1. The van der Waals surface area contributed by atoms with Gasteiger partial charge in [0.2, 0.25) is 5.91 Å². The van der Waals surface area contributed by atoms with Crippen LogP contribution in [-0.2, 0) is 4.79 Å². The molecule has 2 heterocycles. The van der Waals surface area contributed by atoms with Crippen LogP contribution in [-0.4, -0.2) is 18.6 Å². The summed E-state index contributed by atoms with van der Waals surface area (Å²) in [6.45, 7) is 0.952. The van der Waals surface area contributed by atoms with E-state index in [4.69, 9.17) is 11.6 Å². The highest BCUT2D eigenvalue weighted by Crippen LogP contribution is 2.29. The average Bonchev–Trinajstić information content (AvgIpc) is 2.68. The molecule has 5 heteroatoms. The van der Waals surface area contributed by atoms with Crippen LogP contribution >= 0.6 is 11.6 Å². The first kappa shape index (κ1) is 10.9. The van der Waals surface area contributed by atoms with Crippen LogP contribution in [0.3, 0.4) is 0 Å². The molecule has 1 aromatic rings. The van der Waals surface area contributed by atoms with Gasteiger partial charge in [0.15, 0.2) is 0 Å². The fourth-order valence-corrected chi connectivity index (χ4v) is 2.72. The second-order valence-corrected chi connectivity index (χ2v) is 4.91. The van der Waals surface area contributed by atoms with Gasteiger partial charge in [-0.3, -0.25) is 20.5 Å². The van der Waals surface area contributed by atoms with Crippen molar-refractivity contribution < 1.29 is 4.79 Å². The van der Waals surface area contributed by atoms with Crippen LogP contribution in [0.15, 0.2) is 24.3 Å². The lowest BCUT2D eigenvalue weighted by Crippen LogP contribution is -2.50. The number of hydrogen-bond acceptors (Lipinski definition) is 3. The first-order chi connectivity index (χ1) is 8.25. The van der Waals surface area contributed by atoms with Crippen molar-refractivity contribution in [3.05, 3.63) is 29.3 Å². The van der Waals surface area contributed by atoms with Gasteiger partial charge in [-0.2, -0.15) is 0 Å². The number of amides is 1. The van der Waals surface area contributed by atoms with Gasteiger partial charge in [-0.15, -0.1) is 0 Å². The van der Waals surface area contributed by atoms with Gasteiger partial charge in [0.25, 0.3) is 0 Å². The summed E-state index contributed by atoms with van der Waals surface area (Å²) >= 11 is 5.98. The molecule has 1 aromatic carbocycles. The summed E-state index contributed by atoms with van der Waals surface area (Å²) in [6, 6.07) is 7.53. The largest absolute Gasteiger partial charge is 0.295 e. The van der Waals surface area contributed by atoms with Crippen LogP contribution in [0, 0.1) is 5.92 Å². The van der Waals surface area contributed by atoms with Crippen LogP contribution in [0.2, 0.25) is 5.02 Å². The van der Waals surface area contributed by atoms with Crippen molar-refractivity contribution in [2.75, 3.05) is 11.6 Å². The first-order valence-corrected chi connectivity index (χ1v) is 6.22. The van der Waals surface area contributed by atoms with Gasteiger partial charge >= 0.3 is 0 Å². The number of carbonyl (C=O) groups excluding carboxylic acids is 1. The number of hydrogen-bond donors (Lipinski definition) is 2. The maximum absolute atomic E-state index is 11.9. The average molecular weight is 252 g/mol. The zero-order valence-electron chi connectivity index (χ0n) is 9.32. The Kier molecular flexibility index (Phi) is 2.68. The van der Waals surface area contributed by atoms with E-state index in [1.54, 1.807) is 0 Å². The molecule has 90 valence electrons. The maximum Gasteiger partial charge on any atom is 0.245 e. The van der Waals surface area contributed by atoms with Gasteiger partial charge in [0.1, 0.15) is 6.17 Å². The normalized spacial score (nSPS) is 27.8. The predicted octanol–water partition coefficient (Wildman–Crippen LogP) is 1.52. The third kappa shape index (κ3) is 1.87. The highest BCUT2D eigenvalue weighted by molar-refractivity contribution is 6.30. The Hall–Kier alpha value is -1.26. The van der Waals surface area contributed by atoms with Crippen molar-refractivity contribution in [1.82, 2.24) is 10.7 Å². The van der Waals surface area contributed by atoms with E-state index in [-0.39, 0.29) is 18.0 Å². The summed E-state index contributed by atoms with van der Waals surface area (Å²) in [7, 11) is 0. The molecule has 0 aromatic heterocycles. The third-order valence-electron chi connectivity index (χ3n) is 3.36. The summed E-state index contributed by atoms with van der Waals surface area (Å²) in [5.41, 5.74) is 3.84. The van der Waals surface area contributed by atoms with Crippen LogP contribution in [0.25, 0.3) is 0 Å². The molecule has 0 spiro atoms. The number of hydrazine groups is 1. The molecule has 0 radical (unpaired) electrons. The van der Waals surface area contributed by atoms with Crippen LogP contribution in [0.1, 0.15) is 12.8 Å². The molecule has 17 heavy (non-hydrogen) atoms. The molecule has 2 aliphatic heterocycles. The zero-order valence-corrected chi connectivity index (χ0v) is 10.1. The van der Waals surface area contributed by atoms with Crippen molar-refractivity contribution in [3.63, 3.8) is 0 Å². The molecule has 0 bridgehead atoms. The van der Waals surface area contributed by atoms with E-state index in [9.17, 15) is 4.79 Å². The number of halogens is 1. The predicted molar refractivity (Wildman–Crippen MR) is 66.6 cm³/mol. The van der Waals surface area contributed by atoms with E-state index < -0.39 is 0 Å². The SMILES string of the molecule is O=C1NN(c2cccc(Cl)c2)C2NCCCC12. The topological polar surface area (TPSA) is 44.4 Å². The Morgan fingerprint density at radius 1 is 1.41 bits per heavy atom. The number of piperidine rings is 1. The van der Waals surface area contributed by atoms with Crippen molar-refractivity contribution in [3.8, 4) is 0 Å². The Morgan fingerprint density at radius 2 is 2.29 bits per heavy atom. The number of fused-ring (bicyclic) bond motifs is 1. The van der Waals surface area contributed by atoms with Crippen molar-refractivity contribution >= 4 is 23.2 Å². The molecular weight excluding hydrogens is 238 g/mol. The Bertz CT molecular complexity index is 451. The second-order valence-electron chi connectivity index (χ2n) is 4.47. The van der Waals surface area contributed by atoms with Crippen LogP contribution in [0.5, 0.6) is 0 Å². The van der Waals surface area contributed by atoms with E-state index in [1.807, 2.05) is 29.3 Å². The van der Waals surface area contributed by atoms with Crippen molar-refractivity contribution in [2.24, 2.45) is 5.92 Å². The van der Waals surface area contributed by atoms with Gasteiger partial charge in [0, 0.05) is 5.02 Å². The number of carbonyl (C=O) groups is 1. The van der Waals surface area contributed by atoms with E-state index in [0.29, 0.717) is 5.02 Å². The standard InChI is InChI=1S/C12H14ClN3O/c13-8-3-1-4-9(7-8)16-11-10(12(17)15-16)5-2-6-14-11/h1,3-4,7,10-11,14H,2,5-6H2,(H,15,17). The van der Waals surface area contributed by atoms with E-state index in [0.717, 1.165) is 25.1 Å². The minimum atomic E-state index is 0.0442. The smallest absolute Gasteiger partial charge is 0.245 e. The van der Waals surface area contributed by atoms with E-state index in [1.165, 1.54) is 0 Å². The monoisotopic (exact) mass is 251 g/mol. The van der Waals surface area contributed by atoms with Crippen molar-refractivity contribution in [2.45, 2.75) is 19.0 Å². The summed E-state index contributed by atoms with van der Waals surface area (Å²) in [5, 5.41) is 5.94. The number of anilines is 1. The highest BCUT2D eigenvalue weighted by Gasteiger charge is 2.42. The minimum absolute atomic E-state index is 0.0442. The van der Waals surface area contributed by atoms with Gasteiger partial charge < -0.3 is 0 Å². The molecule has 1 amide bonds. The number of nitrogens with zero attached hydrogens (tertiary/aromatic N) is 1. The lowest BCUT2D eigenvalue weighted by Gasteiger charge is -2.31. The lowest BCUT2D eigenvalue weighted by atomic mass is 9.96. The number of nitrogens with one attached hydrogen (secondary N) is 2. The van der Waals surface area contributed by atoms with E-state index >= 15 is 0 Å². The molecule has 0 saturated carbocycles. The fourth-order valence-electron chi connectivity index (χ4n) is 2.54. The summed E-state index contributed by atoms with van der Waals surface area (Å²) in [4.78, 5) is 11.9.